The van der Waals surface area contributed by atoms with Crippen LogP contribution in [0.25, 0.3) is 0 Å². The van der Waals surface area contributed by atoms with E-state index >= 15 is 0 Å². The predicted octanol–water partition coefficient (Wildman–Crippen LogP) is 3.15. The fraction of sp³-hybridized carbons (Fsp3) is 1.00. The molecule has 1 nitrogen and oxygen atoms in total. The molecule has 0 N–H and O–H groups in total. The highest BCUT2D eigenvalue weighted by Crippen LogP contribution is 2.63. The summed E-state index contributed by atoms with van der Waals surface area (Å²) in [5.74, 6) is 1.80. The summed E-state index contributed by atoms with van der Waals surface area (Å²) in [6.45, 7) is 15.6. The lowest BCUT2D eigenvalue weighted by Crippen LogP contribution is -2.49. The summed E-state index contributed by atoms with van der Waals surface area (Å²) in [5, 5.41) is 0. The van der Waals surface area contributed by atoms with Gasteiger partial charge >= 0.3 is 0 Å². The Balaban J connectivity index is 2.19. The Morgan fingerprint density at radius 2 is 1.86 bits per heavy atom. The van der Waals surface area contributed by atoms with E-state index in [4.69, 9.17) is 0 Å². The first kappa shape index (κ1) is 10.5. The van der Waals surface area contributed by atoms with Crippen molar-refractivity contribution in [1.82, 2.24) is 4.90 Å². The molecule has 2 aliphatic rings. The lowest BCUT2D eigenvalue weighted by Gasteiger charge is -2.41. The molecule has 0 amide bonds. The number of piperidine rings is 1. The molecule has 3 atom stereocenters. The van der Waals surface area contributed by atoms with Crippen molar-refractivity contribution in [2.75, 3.05) is 6.54 Å². The van der Waals surface area contributed by atoms with Crippen molar-refractivity contribution in [3.63, 3.8) is 0 Å². The van der Waals surface area contributed by atoms with E-state index < -0.39 is 0 Å². The lowest BCUT2D eigenvalue weighted by molar-refractivity contribution is 0.0704. The van der Waals surface area contributed by atoms with E-state index in [1.807, 2.05) is 0 Å². The fourth-order valence-electron chi connectivity index (χ4n) is 3.38. The summed E-state index contributed by atoms with van der Waals surface area (Å²) in [5.41, 5.74) is 1.02. The molecule has 1 saturated carbocycles. The third kappa shape index (κ3) is 1.41. The largest absolute Gasteiger partial charge is 0.294 e. The molecule has 82 valence electrons. The first-order valence-corrected chi connectivity index (χ1v) is 6.02. The van der Waals surface area contributed by atoms with Crippen LogP contribution in [0.5, 0.6) is 0 Å². The van der Waals surface area contributed by atoms with Crippen molar-refractivity contribution >= 4 is 0 Å². The Labute approximate surface area is 88.9 Å². The van der Waals surface area contributed by atoms with Gasteiger partial charge in [0.05, 0.1) is 0 Å². The number of rotatable bonds is 1. The van der Waals surface area contributed by atoms with Crippen LogP contribution in [0.1, 0.15) is 48.0 Å². The summed E-state index contributed by atoms with van der Waals surface area (Å²) in [7, 11) is 0. The molecule has 0 spiro atoms. The van der Waals surface area contributed by atoms with Crippen molar-refractivity contribution < 1.29 is 0 Å². The Morgan fingerprint density at radius 1 is 1.29 bits per heavy atom. The second kappa shape index (κ2) is 2.75. The molecule has 2 rings (SSSR count). The molecule has 1 saturated heterocycles. The van der Waals surface area contributed by atoms with Gasteiger partial charge in [-0.2, -0.15) is 0 Å². The number of fused-ring (bicyclic) bond motifs is 1. The van der Waals surface area contributed by atoms with Crippen molar-refractivity contribution in [3.05, 3.63) is 0 Å². The van der Waals surface area contributed by atoms with Gasteiger partial charge in [-0.15, -0.1) is 0 Å². The van der Waals surface area contributed by atoms with Crippen molar-refractivity contribution in [3.8, 4) is 0 Å². The van der Waals surface area contributed by atoms with Crippen LogP contribution in [-0.2, 0) is 0 Å². The number of nitrogens with zero attached hydrogens (tertiary/aromatic N) is 1. The van der Waals surface area contributed by atoms with Gasteiger partial charge in [0.15, 0.2) is 0 Å². The first-order valence-electron chi connectivity index (χ1n) is 6.02. The van der Waals surface area contributed by atoms with Crippen LogP contribution in [0.3, 0.4) is 0 Å². The zero-order chi connectivity index (χ0) is 10.7. The Hall–Kier alpha value is -0.0400. The Kier molecular flexibility index (Phi) is 2.06. The van der Waals surface area contributed by atoms with Crippen molar-refractivity contribution in [2.24, 2.45) is 17.3 Å². The van der Waals surface area contributed by atoms with E-state index in [1.54, 1.807) is 0 Å². The molecule has 1 heteroatoms. The van der Waals surface area contributed by atoms with Gasteiger partial charge in [0.2, 0.25) is 0 Å². The SMILES string of the molecule is CC(C)C1C2CC2(C)CN1C(C)(C)C. The summed E-state index contributed by atoms with van der Waals surface area (Å²) in [4.78, 5) is 2.74. The van der Waals surface area contributed by atoms with Crippen LogP contribution in [0.4, 0.5) is 0 Å². The molecule has 0 bridgehead atoms. The van der Waals surface area contributed by atoms with Crippen LogP contribution in [0.15, 0.2) is 0 Å². The third-order valence-corrected chi connectivity index (χ3v) is 4.27. The van der Waals surface area contributed by atoms with Gasteiger partial charge in [-0.3, -0.25) is 4.90 Å². The van der Waals surface area contributed by atoms with E-state index in [1.165, 1.54) is 13.0 Å². The average Bonchev–Trinajstić information content (AvgIpc) is 2.51. The second-order valence-electron chi connectivity index (χ2n) is 7.00. The maximum absolute atomic E-state index is 2.74. The molecule has 1 heterocycles. The highest BCUT2D eigenvalue weighted by atomic mass is 15.3. The van der Waals surface area contributed by atoms with Crippen LogP contribution in [0, 0.1) is 17.3 Å². The Morgan fingerprint density at radius 3 is 2.21 bits per heavy atom. The molecule has 0 aromatic rings. The maximum atomic E-state index is 2.74. The topological polar surface area (TPSA) is 3.24 Å². The van der Waals surface area contributed by atoms with Gasteiger partial charge in [0.25, 0.3) is 0 Å². The molecule has 1 aliphatic carbocycles. The monoisotopic (exact) mass is 195 g/mol. The predicted molar refractivity (Wildman–Crippen MR) is 61.3 cm³/mol. The average molecular weight is 195 g/mol. The molecule has 1 aliphatic heterocycles. The van der Waals surface area contributed by atoms with Gasteiger partial charge in [0.1, 0.15) is 0 Å². The quantitative estimate of drug-likeness (QED) is 0.621. The summed E-state index contributed by atoms with van der Waals surface area (Å²) < 4.78 is 0. The van der Waals surface area contributed by atoms with E-state index in [0.29, 0.717) is 11.0 Å². The van der Waals surface area contributed by atoms with Crippen LogP contribution in [0.2, 0.25) is 0 Å². The molecular formula is C13H25N. The van der Waals surface area contributed by atoms with E-state index in [0.717, 1.165) is 17.9 Å². The van der Waals surface area contributed by atoms with Crippen molar-refractivity contribution in [1.29, 1.82) is 0 Å². The lowest BCUT2D eigenvalue weighted by atomic mass is 9.94. The maximum Gasteiger partial charge on any atom is 0.0158 e. The zero-order valence-electron chi connectivity index (χ0n) is 10.6. The number of hydrogen-bond acceptors (Lipinski definition) is 1. The van der Waals surface area contributed by atoms with E-state index in [-0.39, 0.29) is 0 Å². The van der Waals surface area contributed by atoms with Gasteiger partial charge in [-0.05, 0) is 44.4 Å². The summed E-state index contributed by atoms with van der Waals surface area (Å²) in [6.07, 6.45) is 1.47. The molecule has 0 aromatic carbocycles. The second-order valence-corrected chi connectivity index (χ2v) is 7.00. The van der Waals surface area contributed by atoms with E-state index in [2.05, 4.69) is 46.4 Å². The molecule has 3 unspecified atom stereocenters. The highest BCUT2D eigenvalue weighted by molar-refractivity contribution is 5.15. The minimum absolute atomic E-state index is 0.353. The van der Waals surface area contributed by atoms with Gasteiger partial charge < -0.3 is 0 Å². The van der Waals surface area contributed by atoms with E-state index in [9.17, 15) is 0 Å². The molecule has 0 aromatic heterocycles. The minimum Gasteiger partial charge on any atom is -0.294 e. The number of hydrogen-bond donors (Lipinski definition) is 0. The smallest absolute Gasteiger partial charge is 0.0158 e. The molecule has 2 fully saturated rings. The van der Waals surface area contributed by atoms with Gasteiger partial charge in [-0.25, -0.2) is 0 Å². The Bertz CT molecular complexity index is 238. The van der Waals surface area contributed by atoms with Crippen LogP contribution >= 0.6 is 0 Å². The first-order chi connectivity index (χ1) is 6.26. The molecule has 14 heavy (non-hydrogen) atoms. The standard InChI is InChI=1S/C13H25N/c1-9(2)11-10-7-13(10,6)8-14(11)12(3,4)5/h9-11H,7-8H2,1-6H3. The minimum atomic E-state index is 0.353. The van der Waals surface area contributed by atoms with Crippen LogP contribution in [-0.4, -0.2) is 23.0 Å². The normalized spacial score (nSPS) is 43.1. The van der Waals surface area contributed by atoms with Crippen LogP contribution < -0.4 is 0 Å². The highest BCUT2D eigenvalue weighted by Gasteiger charge is 2.63. The zero-order valence-corrected chi connectivity index (χ0v) is 10.6. The fourth-order valence-corrected chi connectivity index (χ4v) is 3.38. The summed E-state index contributed by atoms with van der Waals surface area (Å²) >= 11 is 0. The third-order valence-electron chi connectivity index (χ3n) is 4.27. The molecular weight excluding hydrogens is 170 g/mol. The molecule has 0 radical (unpaired) electrons. The summed E-state index contributed by atoms with van der Waals surface area (Å²) in [6, 6.07) is 0.833. The van der Waals surface area contributed by atoms with Gasteiger partial charge in [0, 0.05) is 18.1 Å². The van der Waals surface area contributed by atoms with Gasteiger partial charge in [-0.1, -0.05) is 20.8 Å². The van der Waals surface area contributed by atoms with Crippen molar-refractivity contribution in [2.45, 2.75) is 59.5 Å². The number of likely N-dealkylation sites (tertiary alicyclic amines) is 1.